The van der Waals surface area contributed by atoms with Crippen LogP contribution < -0.4 is 10.5 Å². The van der Waals surface area contributed by atoms with Crippen molar-refractivity contribution in [2.45, 2.75) is 0 Å². The third kappa shape index (κ3) is 4.91. The van der Waals surface area contributed by atoms with Crippen LogP contribution in [0.15, 0.2) is 18.2 Å². The molecular formula is C9H10Cl2N2O3S. The molecule has 0 heterocycles. The van der Waals surface area contributed by atoms with Gasteiger partial charge in [-0.2, -0.15) is 0 Å². The van der Waals surface area contributed by atoms with E-state index >= 15 is 0 Å². The molecule has 0 spiro atoms. The van der Waals surface area contributed by atoms with Gasteiger partial charge in [-0.1, -0.05) is 23.2 Å². The fourth-order valence-electron chi connectivity index (χ4n) is 1.07. The van der Waals surface area contributed by atoms with Crippen molar-refractivity contribution in [1.82, 2.24) is 5.32 Å². The Morgan fingerprint density at radius 1 is 1.35 bits per heavy atom. The Balaban J connectivity index is 2.67. The minimum atomic E-state index is -3.59. The number of primary sulfonamides is 1. The predicted octanol–water partition coefficient (Wildman–Crippen LogP) is 1.01. The molecule has 0 aromatic heterocycles. The molecule has 0 aliphatic rings. The van der Waals surface area contributed by atoms with Crippen molar-refractivity contribution in [1.29, 1.82) is 0 Å². The van der Waals surface area contributed by atoms with Crippen LogP contribution in [-0.4, -0.2) is 26.6 Å². The molecule has 5 nitrogen and oxygen atoms in total. The van der Waals surface area contributed by atoms with Crippen molar-refractivity contribution in [3.63, 3.8) is 0 Å². The van der Waals surface area contributed by atoms with Crippen molar-refractivity contribution in [3.05, 3.63) is 33.8 Å². The number of amides is 1. The summed E-state index contributed by atoms with van der Waals surface area (Å²) in [6.45, 7) is -0.0828. The number of nitrogens with two attached hydrogens (primary N) is 1. The molecule has 0 aliphatic heterocycles. The van der Waals surface area contributed by atoms with Gasteiger partial charge in [0.15, 0.2) is 0 Å². The maximum Gasteiger partial charge on any atom is 0.252 e. The van der Waals surface area contributed by atoms with Gasteiger partial charge in [0.1, 0.15) is 0 Å². The number of carbonyl (C=O) groups is 1. The van der Waals surface area contributed by atoms with Crippen LogP contribution in [0.2, 0.25) is 10.0 Å². The molecule has 3 N–H and O–H groups in total. The molecule has 0 bridgehead atoms. The number of hydrogen-bond acceptors (Lipinski definition) is 3. The van der Waals surface area contributed by atoms with Gasteiger partial charge >= 0.3 is 0 Å². The molecule has 1 aromatic carbocycles. The van der Waals surface area contributed by atoms with Gasteiger partial charge in [0.25, 0.3) is 5.91 Å². The van der Waals surface area contributed by atoms with E-state index in [2.05, 4.69) is 5.32 Å². The quantitative estimate of drug-likeness (QED) is 0.869. The van der Waals surface area contributed by atoms with E-state index in [9.17, 15) is 13.2 Å². The Kier molecular flexibility index (Phi) is 4.76. The summed E-state index contributed by atoms with van der Waals surface area (Å²) in [5.74, 6) is -0.835. The van der Waals surface area contributed by atoms with Gasteiger partial charge in [0.2, 0.25) is 10.0 Å². The molecule has 17 heavy (non-hydrogen) atoms. The average Bonchev–Trinajstić information content (AvgIpc) is 2.19. The molecule has 1 rings (SSSR count). The van der Waals surface area contributed by atoms with Crippen molar-refractivity contribution < 1.29 is 13.2 Å². The van der Waals surface area contributed by atoms with Crippen molar-refractivity contribution in [2.24, 2.45) is 5.14 Å². The first-order valence-corrected chi connectivity index (χ1v) is 7.00. The second-order valence-electron chi connectivity index (χ2n) is 3.25. The van der Waals surface area contributed by atoms with Crippen LogP contribution in [0.5, 0.6) is 0 Å². The lowest BCUT2D eigenvalue weighted by Crippen LogP contribution is -2.31. The monoisotopic (exact) mass is 296 g/mol. The highest BCUT2D eigenvalue weighted by Gasteiger charge is 2.11. The molecule has 94 valence electrons. The largest absolute Gasteiger partial charge is 0.351 e. The number of benzene rings is 1. The third-order valence-electron chi connectivity index (χ3n) is 1.85. The SMILES string of the molecule is NS(=O)(=O)CCNC(=O)c1cc(Cl)ccc1Cl. The molecule has 0 aliphatic carbocycles. The Labute approximate surface area is 109 Å². The van der Waals surface area contributed by atoms with Crippen LogP contribution >= 0.6 is 23.2 Å². The summed E-state index contributed by atoms with van der Waals surface area (Å²) in [5, 5.41) is 7.78. The summed E-state index contributed by atoms with van der Waals surface area (Å²) in [6, 6.07) is 4.43. The van der Waals surface area contributed by atoms with E-state index in [1.54, 1.807) is 6.07 Å². The fourth-order valence-corrected chi connectivity index (χ4v) is 1.84. The zero-order chi connectivity index (χ0) is 13.1. The number of rotatable bonds is 4. The number of carbonyl (C=O) groups excluding carboxylic acids is 1. The predicted molar refractivity (Wildman–Crippen MR) is 66.8 cm³/mol. The summed E-state index contributed by atoms with van der Waals surface area (Å²) < 4.78 is 21.3. The lowest BCUT2D eigenvalue weighted by atomic mass is 10.2. The average molecular weight is 297 g/mol. The van der Waals surface area contributed by atoms with Crippen LogP contribution in [0.25, 0.3) is 0 Å². The van der Waals surface area contributed by atoms with Crippen molar-refractivity contribution in [2.75, 3.05) is 12.3 Å². The molecule has 0 unspecified atom stereocenters. The highest BCUT2D eigenvalue weighted by Crippen LogP contribution is 2.20. The first-order chi connectivity index (χ1) is 7.79. The maximum absolute atomic E-state index is 11.6. The topological polar surface area (TPSA) is 89.3 Å². The molecule has 8 heteroatoms. The molecule has 0 radical (unpaired) electrons. The number of sulfonamides is 1. The Morgan fingerprint density at radius 2 is 2.00 bits per heavy atom. The third-order valence-corrected chi connectivity index (χ3v) is 3.18. The van der Waals surface area contributed by atoms with Crippen molar-refractivity contribution in [3.8, 4) is 0 Å². The number of halogens is 2. The van der Waals surface area contributed by atoms with E-state index in [1.807, 2.05) is 0 Å². The Bertz CT molecular complexity index is 531. The van der Waals surface area contributed by atoms with E-state index in [4.69, 9.17) is 28.3 Å². The van der Waals surface area contributed by atoms with Gasteiger partial charge in [-0.3, -0.25) is 4.79 Å². The van der Waals surface area contributed by atoms with Crippen molar-refractivity contribution >= 4 is 39.1 Å². The summed E-state index contributed by atoms with van der Waals surface area (Å²) in [5.41, 5.74) is 0.189. The highest BCUT2D eigenvalue weighted by atomic mass is 35.5. The molecule has 0 fully saturated rings. The zero-order valence-electron chi connectivity index (χ0n) is 8.61. The molecule has 0 atom stereocenters. The Morgan fingerprint density at radius 3 is 2.59 bits per heavy atom. The van der Waals surface area contributed by atoms with Crippen LogP contribution in [0, 0.1) is 0 Å². The van der Waals surface area contributed by atoms with Crippen LogP contribution in [0.1, 0.15) is 10.4 Å². The summed E-state index contributed by atoms with van der Waals surface area (Å²) in [4.78, 5) is 11.6. The van der Waals surface area contributed by atoms with Gasteiger partial charge in [-0.15, -0.1) is 0 Å². The lowest BCUT2D eigenvalue weighted by Gasteiger charge is -2.06. The van der Waals surface area contributed by atoms with Gasteiger partial charge < -0.3 is 5.32 Å². The van der Waals surface area contributed by atoms with Gasteiger partial charge in [0.05, 0.1) is 16.3 Å². The zero-order valence-corrected chi connectivity index (χ0v) is 10.9. The number of hydrogen-bond donors (Lipinski definition) is 2. The van der Waals surface area contributed by atoms with E-state index in [0.717, 1.165) is 0 Å². The minimum absolute atomic E-state index is 0.0828. The van der Waals surface area contributed by atoms with E-state index in [-0.39, 0.29) is 22.9 Å². The summed E-state index contributed by atoms with van der Waals surface area (Å²) in [6.07, 6.45) is 0. The van der Waals surface area contributed by atoms with E-state index in [0.29, 0.717) is 5.02 Å². The maximum atomic E-state index is 11.6. The van der Waals surface area contributed by atoms with Gasteiger partial charge in [0, 0.05) is 11.6 Å². The fraction of sp³-hybridized carbons (Fsp3) is 0.222. The second-order valence-corrected chi connectivity index (χ2v) is 5.82. The van der Waals surface area contributed by atoms with E-state index < -0.39 is 15.9 Å². The Hall–Kier alpha value is -0.820. The minimum Gasteiger partial charge on any atom is -0.351 e. The molecule has 0 saturated heterocycles. The molecule has 0 saturated carbocycles. The van der Waals surface area contributed by atoms with E-state index in [1.165, 1.54) is 12.1 Å². The molecular weight excluding hydrogens is 287 g/mol. The van der Waals surface area contributed by atoms with Crippen LogP contribution in [0.3, 0.4) is 0 Å². The molecule has 1 amide bonds. The molecule has 1 aromatic rings. The summed E-state index contributed by atoms with van der Waals surface area (Å²) in [7, 11) is -3.59. The van der Waals surface area contributed by atoms with Gasteiger partial charge in [-0.25, -0.2) is 13.6 Å². The van der Waals surface area contributed by atoms with Crippen LogP contribution in [-0.2, 0) is 10.0 Å². The number of nitrogens with one attached hydrogen (secondary N) is 1. The lowest BCUT2D eigenvalue weighted by molar-refractivity contribution is 0.0956. The smallest absolute Gasteiger partial charge is 0.252 e. The highest BCUT2D eigenvalue weighted by molar-refractivity contribution is 7.89. The second kappa shape index (κ2) is 5.68. The van der Waals surface area contributed by atoms with Crippen LogP contribution in [0.4, 0.5) is 0 Å². The van der Waals surface area contributed by atoms with Gasteiger partial charge in [-0.05, 0) is 18.2 Å². The standard InChI is InChI=1S/C9H10Cl2N2O3S/c10-6-1-2-8(11)7(5-6)9(14)13-3-4-17(12,15)16/h1-2,5H,3-4H2,(H,13,14)(H2,12,15,16). The summed E-state index contributed by atoms with van der Waals surface area (Å²) >= 11 is 11.5. The first-order valence-electron chi connectivity index (χ1n) is 4.53. The normalized spacial score (nSPS) is 11.2. The first kappa shape index (κ1) is 14.2.